The molecule has 1 aromatic carbocycles. The minimum Gasteiger partial charge on any atom is -0.508 e. The first-order valence-corrected chi connectivity index (χ1v) is 8.79. The molecule has 0 unspecified atom stereocenters. The van der Waals surface area contributed by atoms with E-state index in [4.69, 9.17) is 4.74 Å². The molecule has 27 heavy (non-hydrogen) atoms. The van der Waals surface area contributed by atoms with Crippen LogP contribution in [0.5, 0.6) is 5.75 Å². The van der Waals surface area contributed by atoms with E-state index in [1.165, 1.54) is 0 Å². The van der Waals surface area contributed by atoms with Crippen LogP contribution >= 0.6 is 0 Å². The summed E-state index contributed by atoms with van der Waals surface area (Å²) < 4.78 is 5.42. The van der Waals surface area contributed by atoms with Gasteiger partial charge in [-0.3, -0.25) is 4.98 Å². The number of morpholine rings is 1. The number of pyridine rings is 1. The molecule has 0 radical (unpaired) electrons. The zero-order valence-corrected chi connectivity index (χ0v) is 14.7. The van der Waals surface area contributed by atoms with Crippen LogP contribution in [0.15, 0.2) is 48.8 Å². The number of benzene rings is 1. The van der Waals surface area contributed by atoms with Crippen molar-refractivity contribution in [3.63, 3.8) is 0 Å². The first-order chi connectivity index (χ1) is 13.3. The molecule has 3 heterocycles. The zero-order valence-electron chi connectivity index (χ0n) is 14.7. The van der Waals surface area contributed by atoms with Crippen molar-refractivity contribution < 1.29 is 9.84 Å². The highest BCUT2D eigenvalue weighted by molar-refractivity contribution is 5.60. The second kappa shape index (κ2) is 7.96. The van der Waals surface area contributed by atoms with Crippen LogP contribution in [0.3, 0.4) is 0 Å². The van der Waals surface area contributed by atoms with Gasteiger partial charge in [0.05, 0.1) is 13.2 Å². The predicted molar refractivity (Wildman–Crippen MR) is 102 cm³/mol. The SMILES string of the molecule is Oc1cccc(-c2nc(NCc3cccnc3)nc(N3CCOCC3)n2)c1. The molecule has 8 heteroatoms. The van der Waals surface area contributed by atoms with Gasteiger partial charge in [0.25, 0.3) is 0 Å². The number of nitrogens with zero attached hydrogens (tertiary/aromatic N) is 5. The van der Waals surface area contributed by atoms with Gasteiger partial charge in [0.1, 0.15) is 5.75 Å². The third kappa shape index (κ3) is 4.29. The van der Waals surface area contributed by atoms with E-state index in [2.05, 4.69) is 30.2 Å². The van der Waals surface area contributed by atoms with Crippen LogP contribution in [0.25, 0.3) is 11.4 Å². The first kappa shape index (κ1) is 17.2. The average molecular weight is 364 g/mol. The number of hydrogen-bond acceptors (Lipinski definition) is 8. The molecule has 4 rings (SSSR count). The van der Waals surface area contributed by atoms with Crippen LogP contribution in [0.2, 0.25) is 0 Å². The number of rotatable bonds is 5. The molecule has 2 N–H and O–H groups in total. The van der Waals surface area contributed by atoms with Crippen LogP contribution < -0.4 is 10.2 Å². The smallest absolute Gasteiger partial charge is 0.230 e. The summed E-state index contributed by atoms with van der Waals surface area (Å²) in [6, 6.07) is 10.8. The van der Waals surface area contributed by atoms with Crippen molar-refractivity contribution in [2.24, 2.45) is 0 Å². The van der Waals surface area contributed by atoms with Gasteiger partial charge >= 0.3 is 0 Å². The molecule has 138 valence electrons. The summed E-state index contributed by atoms with van der Waals surface area (Å²) in [5, 5.41) is 13.0. The number of phenols is 1. The molecule has 8 nitrogen and oxygen atoms in total. The van der Waals surface area contributed by atoms with Crippen LogP contribution in [0, 0.1) is 0 Å². The van der Waals surface area contributed by atoms with Crippen molar-refractivity contribution in [3.05, 3.63) is 54.4 Å². The summed E-state index contributed by atoms with van der Waals surface area (Å²) in [6.45, 7) is 3.30. The highest BCUT2D eigenvalue weighted by Crippen LogP contribution is 2.23. The fraction of sp³-hybridized carbons (Fsp3) is 0.263. The van der Waals surface area contributed by atoms with Gasteiger partial charge in [-0.15, -0.1) is 0 Å². The largest absolute Gasteiger partial charge is 0.508 e. The molecule has 1 fully saturated rings. The van der Waals surface area contributed by atoms with Crippen molar-refractivity contribution in [3.8, 4) is 17.1 Å². The van der Waals surface area contributed by atoms with Gasteiger partial charge in [0, 0.05) is 37.6 Å². The van der Waals surface area contributed by atoms with E-state index >= 15 is 0 Å². The Morgan fingerprint density at radius 1 is 1.07 bits per heavy atom. The van der Waals surface area contributed by atoms with Gasteiger partial charge < -0.3 is 20.1 Å². The lowest BCUT2D eigenvalue weighted by Gasteiger charge is -2.27. The summed E-state index contributed by atoms with van der Waals surface area (Å²) >= 11 is 0. The number of hydrogen-bond donors (Lipinski definition) is 2. The molecule has 0 aliphatic carbocycles. The molecule has 0 atom stereocenters. The van der Waals surface area contributed by atoms with E-state index in [-0.39, 0.29) is 5.75 Å². The van der Waals surface area contributed by atoms with Crippen LogP contribution in [0.4, 0.5) is 11.9 Å². The number of nitrogens with one attached hydrogen (secondary N) is 1. The highest BCUT2D eigenvalue weighted by Gasteiger charge is 2.17. The van der Waals surface area contributed by atoms with Crippen molar-refractivity contribution in [2.45, 2.75) is 6.54 Å². The molecule has 3 aromatic rings. The van der Waals surface area contributed by atoms with E-state index in [1.807, 2.05) is 18.2 Å². The summed E-state index contributed by atoms with van der Waals surface area (Å²) in [6.07, 6.45) is 3.54. The van der Waals surface area contributed by atoms with Crippen LogP contribution in [0.1, 0.15) is 5.56 Å². The zero-order chi connectivity index (χ0) is 18.5. The Morgan fingerprint density at radius 2 is 1.96 bits per heavy atom. The maximum atomic E-state index is 9.79. The van der Waals surface area contributed by atoms with E-state index in [1.54, 1.807) is 30.6 Å². The van der Waals surface area contributed by atoms with Crippen molar-refractivity contribution in [2.75, 3.05) is 36.5 Å². The first-order valence-electron chi connectivity index (χ1n) is 8.79. The predicted octanol–water partition coefficient (Wildman–Crippen LogP) is 2.09. The molecule has 0 amide bonds. The minimum absolute atomic E-state index is 0.172. The third-order valence-electron chi connectivity index (χ3n) is 4.20. The molecule has 1 aliphatic rings. The lowest BCUT2D eigenvalue weighted by atomic mass is 10.2. The molecular weight excluding hydrogens is 344 g/mol. The third-order valence-corrected chi connectivity index (χ3v) is 4.20. The minimum atomic E-state index is 0.172. The molecule has 0 saturated carbocycles. The Hall–Kier alpha value is -3.26. The van der Waals surface area contributed by atoms with Gasteiger partial charge in [-0.2, -0.15) is 15.0 Å². The second-order valence-electron chi connectivity index (χ2n) is 6.15. The molecule has 0 bridgehead atoms. The van der Waals surface area contributed by atoms with Gasteiger partial charge in [0.2, 0.25) is 11.9 Å². The fourth-order valence-electron chi connectivity index (χ4n) is 2.81. The van der Waals surface area contributed by atoms with Crippen molar-refractivity contribution in [1.82, 2.24) is 19.9 Å². The summed E-state index contributed by atoms with van der Waals surface area (Å²) in [5.41, 5.74) is 1.76. The normalized spacial score (nSPS) is 14.1. The number of aromatic hydroxyl groups is 1. The topological polar surface area (TPSA) is 96.3 Å². The van der Waals surface area contributed by atoms with Crippen LogP contribution in [-0.2, 0) is 11.3 Å². The van der Waals surface area contributed by atoms with Gasteiger partial charge in [-0.1, -0.05) is 18.2 Å². The molecular formula is C19H20N6O2. The number of anilines is 2. The van der Waals surface area contributed by atoms with Gasteiger partial charge in [-0.05, 0) is 23.8 Å². The van der Waals surface area contributed by atoms with Gasteiger partial charge in [-0.25, -0.2) is 0 Å². The van der Waals surface area contributed by atoms with E-state index in [0.29, 0.717) is 37.5 Å². The molecule has 1 saturated heterocycles. The standard InChI is InChI=1S/C19H20N6O2/c26-16-5-1-4-15(11-16)17-22-18(21-13-14-3-2-6-20-12-14)24-19(23-17)25-7-9-27-10-8-25/h1-6,11-12,26H,7-10,13H2,(H,21,22,23,24). The Kier molecular flexibility index (Phi) is 5.06. The monoisotopic (exact) mass is 364 g/mol. The molecule has 0 spiro atoms. The summed E-state index contributed by atoms with van der Waals surface area (Å²) in [7, 11) is 0. The lowest BCUT2D eigenvalue weighted by Crippen LogP contribution is -2.37. The van der Waals surface area contributed by atoms with Gasteiger partial charge in [0.15, 0.2) is 5.82 Å². The Labute approximate surface area is 156 Å². The van der Waals surface area contributed by atoms with Crippen molar-refractivity contribution >= 4 is 11.9 Å². The quantitative estimate of drug-likeness (QED) is 0.710. The maximum absolute atomic E-state index is 9.79. The Morgan fingerprint density at radius 3 is 2.74 bits per heavy atom. The highest BCUT2D eigenvalue weighted by atomic mass is 16.5. The van der Waals surface area contributed by atoms with E-state index < -0.39 is 0 Å². The fourth-order valence-corrected chi connectivity index (χ4v) is 2.81. The molecule has 1 aliphatic heterocycles. The molecule has 2 aromatic heterocycles. The maximum Gasteiger partial charge on any atom is 0.230 e. The average Bonchev–Trinajstić information content (AvgIpc) is 2.73. The summed E-state index contributed by atoms with van der Waals surface area (Å²) in [5.74, 6) is 1.76. The Balaban J connectivity index is 1.65. The van der Waals surface area contributed by atoms with E-state index in [9.17, 15) is 5.11 Å². The Bertz CT molecular complexity index is 900. The van der Waals surface area contributed by atoms with Crippen LogP contribution in [-0.4, -0.2) is 51.3 Å². The summed E-state index contributed by atoms with van der Waals surface area (Å²) in [4.78, 5) is 19.9. The number of phenolic OH excluding ortho intramolecular Hbond substituents is 1. The van der Waals surface area contributed by atoms with E-state index in [0.717, 1.165) is 24.2 Å². The van der Waals surface area contributed by atoms with Crippen molar-refractivity contribution in [1.29, 1.82) is 0 Å². The second-order valence-corrected chi connectivity index (χ2v) is 6.15. The number of ether oxygens (including phenoxy) is 1. The lowest BCUT2D eigenvalue weighted by molar-refractivity contribution is 0.122. The number of aromatic nitrogens is 4.